The molecule has 0 saturated heterocycles. The van der Waals surface area contributed by atoms with E-state index in [4.69, 9.17) is 0 Å². The van der Waals surface area contributed by atoms with E-state index in [0.29, 0.717) is 10.6 Å². The Balaban J connectivity index is 2.00. The second-order valence-electron chi connectivity index (χ2n) is 6.20. The Bertz CT molecular complexity index is 968. The number of anilines is 1. The Morgan fingerprint density at radius 2 is 1.61 bits per heavy atom. The number of non-ortho nitro benzene ring substituents is 2. The maximum absolute atomic E-state index is 12.7. The molecule has 2 aromatic rings. The van der Waals surface area contributed by atoms with Gasteiger partial charge >= 0.3 is 0 Å². The number of carbonyl (C=O) groups excluding carboxylic acids is 2. The van der Waals surface area contributed by atoms with Gasteiger partial charge in [-0.1, -0.05) is 0 Å². The lowest BCUT2D eigenvalue weighted by Gasteiger charge is -2.12. The summed E-state index contributed by atoms with van der Waals surface area (Å²) in [6.07, 6.45) is 3.47. The van der Waals surface area contributed by atoms with Crippen molar-refractivity contribution in [1.29, 1.82) is 0 Å². The van der Waals surface area contributed by atoms with E-state index < -0.39 is 27.1 Å². The minimum Gasteiger partial charge on any atom is -0.355 e. The summed E-state index contributed by atoms with van der Waals surface area (Å²) >= 11 is 1.29. The van der Waals surface area contributed by atoms with Gasteiger partial charge in [0.25, 0.3) is 23.2 Å². The highest BCUT2D eigenvalue weighted by Crippen LogP contribution is 2.38. The van der Waals surface area contributed by atoms with Crippen LogP contribution in [0.5, 0.6) is 0 Å². The van der Waals surface area contributed by atoms with Crippen molar-refractivity contribution < 1.29 is 19.4 Å². The van der Waals surface area contributed by atoms with Crippen LogP contribution in [0.3, 0.4) is 0 Å². The third-order valence-corrected chi connectivity index (χ3v) is 5.65. The molecule has 1 aliphatic rings. The quantitative estimate of drug-likeness (QED) is 0.579. The monoisotopic (exact) mass is 404 g/mol. The fraction of sp³-hybridized carbons (Fsp3) is 0.294. The zero-order valence-electron chi connectivity index (χ0n) is 14.8. The molecule has 0 unspecified atom stereocenters. The summed E-state index contributed by atoms with van der Waals surface area (Å²) in [5.41, 5.74) is -0.0609. The molecule has 0 atom stereocenters. The van der Waals surface area contributed by atoms with Crippen LogP contribution < -0.4 is 10.6 Å². The van der Waals surface area contributed by atoms with Gasteiger partial charge in [0.2, 0.25) is 0 Å². The highest BCUT2D eigenvalue weighted by molar-refractivity contribution is 7.17. The molecule has 1 aromatic heterocycles. The van der Waals surface area contributed by atoms with Crippen LogP contribution in [0.15, 0.2) is 18.2 Å². The zero-order valence-corrected chi connectivity index (χ0v) is 15.6. The lowest BCUT2D eigenvalue weighted by atomic mass is 9.95. The standard InChI is InChI=1S/C17H16N4O6S/c1-18-16(23)14-12-4-2-3-5-13(12)28-17(14)19-15(22)9-6-10(20(24)25)8-11(7-9)21(26)27/h6-8H,2-5H2,1H3,(H,18,23)(H,19,22). The van der Waals surface area contributed by atoms with Gasteiger partial charge in [-0.3, -0.25) is 29.8 Å². The summed E-state index contributed by atoms with van der Waals surface area (Å²) in [6.45, 7) is 0. The molecule has 0 aliphatic heterocycles. The number of nitrogens with one attached hydrogen (secondary N) is 2. The van der Waals surface area contributed by atoms with Crippen LogP contribution in [0.4, 0.5) is 16.4 Å². The number of hydrogen-bond acceptors (Lipinski definition) is 7. The number of benzene rings is 1. The molecule has 0 radical (unpaired) electrons. The number of aryl methyl sites for hydroxylation is 1. The van der Waals surface area contributed by atoms with E-state index in [2.05, 4.69) is 10.6 Å². The Kier molecular flexibility index (Phi) is 5.36. The number of carbonyl (C=O) groups is 2. The average Bonchev–Trinajstić information content (AvgIpc) is 3.04. The lowest BCUT2D eigenvalue weighted by Crippen LogP contribution is -2.22. The van der Waals surface area contributed by atoms with Gasteiger partial charge in [0.05, 0.1) is 27.0 Å². The number of thiophene rings is 1. The van der Waals surface area contributed by atoms with E-state index in [1.807, 2.05) is 0 Å². The van der Waals surface area contributed by atoms with Crippen molar-refractivity contribution in [2.45, 2.75) is 25.7 Å². The van der Waals surface area contributed by atoms with Crippen LogP contribution in [0.2, 0.25) is 0 Å². The number of hydrogen-bond donors (Lipinski definition) is 2. The summed E-state index contributed by atoms with van der Waals surface area (Å²) in [4.78, 5) is 46.5. The normalized spacial score (nSPS) is 12.8. The first-order valence-corrected chi connectivity index (χ1v) is 9.25. The topological polar surface area (TPSA) is 144 Å². The number of rotatable bonds is 5. The molecule has 2 amide bonds. The molecule has 1 aromatic carbocycles. The second-order valence-corrected chi connectivity index (χ2v) is 7.31. The van der Waals surface area contributed by atoms with Gasteiger partial charge in [0.1, 0.15) is 5.00 Å². The van der Waals surface area contributed by atoms with Crippen molar-refractivity contribution in [1.82, 2.24) is 5.32 Å². The fourth-order valence-electron chi connectivity index (χ4n) is 3.13. The Morgan fingerprint density at radius 3 is 2.18 bits per heavy atom. The second kappa shape index (κ2) is 7.72. The largest absolute Gasteiger partial charge is 0.355 e. The minimum atomic E-state index is -0.802. The molecule has 1 heterocycles. The summed E-state index contributed by atoms with van der Waals surface area (Å²) < 4.78 is 0. The lowest BCUT2D eigenvalue weighted by molar-refractivity contribution is -0.394. The molecular weight excluding hydrogens is 388 g/mol. The van der Waals surface area contributed by atoms with Gasteiger partial charge in [-0.25, -0.2) is 0 Å². The van der Waals surface area contributed by atoms with Crippen molar-refractivity contribution >= 4 is 39.5 Å². The predicted octanol–water partition coefficient (Wildman–Crippen LogP) is 3.06. The zero-order chi connectivity index (χ0) is 20.4. The first-order chi connectivity index (χ1) is 13.3. The van der Waals surface area contributed by atoms with Gasteiger partial charge in [-0.05, 0) is 31.2 Å². The Hall–Kier alpha value is -3.34. The molecule has 1 aliphatic carbocycles. The predicted molar refractivity (Wildman–Crippen MR) is 102 cm³/mol. The molecule has 2 N–H and O–H groups in total. The van der Waals surface area contributed by atoms with Gasteiger partial charge in [-0.15, -0.1) is 11.3 Å². The maximum atomic E-state index is 12.7. The van der Waals surface area contributed by atoms with Crippen LogP contribution in [-0.2, 0) is 12.8 Å². The van der Waals surface area contributed by atoms with Crippen LogP contribution >= 0.6 is 11.3 Å². The highest BCUT2D eigenvalue weighted by atomic mass is 32.1. The van der Waals surface area contributed by atoms with Crippen molar-refractivity contribution in [3.8, 4) is 0 Å². The number of nitro benzene ring substituents is 2. The molecule has 0 spiro atoms. The number of nitro groups is 2. The third-order valence-electron chi connectivity index (χ3n) is 4.44. The molecular formula is C17H16N4O6S. The molecule has 11 heteroatoms. The Labute approximate surface area is 162 Å². The van der Waals surface area contributed by atoms with Gasteiger partial charge < -0.3 is 10.6 Å². The minimum absolute atomic E-state index is 0.227. The van der Waals surface area contributed by atoms with Gasteiger partial charge in [-0.2, -0.15) is 0 Å². The van der Waals surface area contributed by atoms with E-state index in [1.165, 1.54) is 18.4 Å². The van der Waals surface area contributed by atoms with E-state index in [0.717, 1.165) is 54.3 Å². The van der Waals surface area contributed by atoms with Crippen LogP contribution in [0.25, 0.3) is 0 Å². The van der Waals surface area contributed by atoms with E-state index >= 15 is 0 Å². The molecule has 3 rings (SSSR count). The Morgan fingerprint density at radius 1 is 1.00 bits per heavy atom. The van der Waals surface area contributed by atoms with Gasteiger partial charge in [0, 0.05) is 24.1 Å². The van der Waals surface area contributed by atoms with Crippen molar-refractivity contribution in [3.05, 3.63) is 60.0 Å². The molecule has 10 nitrogen and oxygen atoms in total. The SMILES string of the molecule is CNC(=O)c1c(NC(=O)c2cc([N+](=O)[O-])cc([N+](=O)[O-])c2)sc2c1CCCC2. The molecule has 0 bridgehead atoms. The van der Waals surface area contributed by atoms with Crippen molar-refractivity contribution in [2.24, 2.45) is 0 Å². The average molecular weight is 404 g/mol. The first-order valence-electron chi connectivity index (χ1n) is 8.43. The van der Waals surface area contributed by atoms with E-state index in [1.54, 1.807) is 0 Å². The number of nitrogens with zero attached hydrogens (tertiary/aromatic N) is 2. The fourth-order valence-corrected chi connectivity index (χ4v) is 4.41. The third kappa shape index (κ3) is 3.69. The molecule has 146 valence electrons. The first kappa shape index (κ1) is 19.4. The van der Waals surface area contributed by atoms with Crippen molar-refractivity contribution in [3.63, 3.8) is 0 Å². The van der Waals surface area contributed by atoms with Crippen LogP contribution in [0.1, 0.15) is 44.0 Å². The van der Waals surface area contributed by atoms with Crippen molar-refractivity contribution in [2.75, 3.05) is 12.4 Å². The summed E-state index contributed by atoms with van der Waals surface area (Å²) in [5, 5.41) is 27.5. The van der Waals surface area contributed by atoms with Crippen LogP contribution in [-0.4, -0.2) is 28.7 Å². The highest BCUT2D eigenvalue weighted by Gasteiger charge is 2.27. The molecule has 0 saturated carbocycles. The maximum Gasteiger partial charge on any atom is 0.277 e. The van der Waals surface area contributed by atoms with E-state index in [-0.39, 0.29) is 11.5 Å². The summed E-state index contributed by atoms with van der Waals surface area (Å²) in [5.74, 6) is -1.09. The summed E-state index contributed by atoms with van der Waals surface area (Å²) in [7, 11) is 1.49. The van der Waals surface area contributed by atoms with E-state index in [9.17, 15) is 29.8 Å². The number of amides is 2. The summed E-state index contributed by atoms with van der Waals surface area (Å²) in [6, 6.07) is 2.72. The van der Waals surface area contributed by atoms with Crippen LogP contribution in [0, 0.1) is 20.2 Å². The smallest absolute Gasteiger partial charge is 0.277 e. The molecule has 0 fully saturated rings. The number of fused-ring (bicyclic) bond motifs is 1. The van der Waals surface area contributed by atoms with Gasteiger partial charge in [0.15, 0.2) is 0 Å². The molecule has 28 heavy (non-hydrogen) atoms.